The molecule has 0 aliphatic heterocycles. The predicted molar refractivity (Wildman–Crippen MR) is 43.2 cm³/mol. The van der Waals surface area contributed by atoms with Gasteiger partial charge in [-0.15, -0.1) is 0 Å². The second-order valence-electron chi connectivity index (χ2n) is 3.17. The molecule has 64 valence electrons. The molecule has 0 amide bonds. The number of benzene rings is 1. The highest BCUT2D eigenvalue weighted by molar-refractivity contribution is 5.32. The molecular weight excluding hydrogens is 158 g/mol. The first-order chi connectivity index (χ1) is 5.79. The molecule has 0 saturated carbocycles. The number of hydrogen-bond donors (Lipinski definition) is 0. The largest absolute Gasteiger partial charge is 0.242 e. The Morgan fingerprint density at radius 3 is 2.92 bits per heavy atom. The van der Waals surface area contributed by atoms with Crippen LogP contribution < -0.4 is 0 Å². The summed E-state index contributed by atoms with van der Waals surface area (Å²) in [6.07, 6.45) is 1.02. The maximum absolute atomic E-state index is 13.2. The highest BCUT2D eigenvalue weighted by atomic mass is 19.1. The third-order valence-corrected chi connectivity index (χ3v) is 2.36. The Morgan fingerprint density at radius 2 is 2.17 bits per heavy atom. The normalized spacial score (nSPS) is 22.0. The van der Waals surface area contributed by atoms with Gasteiger partial charge in [0, 0.05) is 5.56 Å². The average Bonchev–Trinajstić information content (AvgIpc) is 2.04. The molecule has 0 radical (unpaired) electrons. The van der Waals surface area contributed by atoms with Gasteiger partial charge in [-0.2, -0.15) is 0 Å². The fourth-order valence-electron chi connectivity index (χ4n) is 1.77. The van der Waals surface area contributed by atoms with E-state index < -0.39 is 6.17 Å². The molecule has 0 saturated heterocycles. The first kappa shape index (κ1) is 7.71. The van der Waals surface area contributed by atoms with E-state index in [9.17, 15) is 8.78 Å². The van der Waals surface area contributed by atoms with Crippen LogP contribution in [0.2, 0.25) is 0 Å². The first-order valence-corrected chi connectivity index (χ1v) is 4.20. The summed E-state index contributed by atoms with van der Waals surface area (Å²) in [5, 5.41) is 0. The van der Waals surface area contributed by atoms with Crippen LogP contribution in [-0.4, -0.2) is 0 Å². The molecule has 0 bridgehead atoms. The average molecular weight is 168 g/mol. The van der Waals surface area contributed by atoms with Gasteiger partial charge in [-0.1, -0.05) is 12.1 Å². The maximum Gasteiger partial charge on any atom is 0.129 e. The number of rotatable bonds is 0. The smallest absolute Gasteiger partial charge is 0.129 e. The minimum absolute atomic E-state index is 0.295. The van der Waals surface area contributed by atoms with E-state index in [1.54, 1.807) is 6.07 Å². The Kier molecular flexibility index (Phi) is 1.83. The number of fused-ring (bicyclic) bond motifs is 1. The third-order valence-electron chi connectivity index (χ3n) is 2.36. The highest BCUT2D eigenvalue weighted by Crippen LogP contribution is 2.33. The molecule has 1 unspecified atom stereocenters. The van der Waals surface area contributed by atoms with Crippen LogP contribution in [0.1, 0.15) is 30.1 Å². The van der Waals surface area contributed by atoms with E-state index in [0.29, 0.717) is 12.0 Å². The van der Waals surface area contributed by atoms with Crippen molar-refractivity contribution in [3.8, 4) is 0 Å². The number of hydrogen-bond acceptors (Lipinski definition) is 0. The molecule has 1 aliphatic carbocycles. The van der Waals surface area contributed by atoms with E-state index in [0.717, 1.165) is 18.4 Å². The lowest BCUT2D eigenvalue weighted by molar-refractivity contribution is 0.292. The van der Waals surface area contributed by atoms with Crippen molar-refractivity contribution in [1.82, 2.24) is 0 Å². The molecule has 0 heterocycles. The van der Waals surface area contributed by atoms with Gasteiger partial charge in [0.2, 0.25) is 0 Å². The van der Waals surface area contributed by atoms with Crippen molar-refractivity contribution in [3.63, 3.8) is 0 Å². The fourth-order valence-corrected chi connectivity index (χ4v) is 1.77. The second kappa shape index (κ2) is 2.85. The zero-order chi connectivity index (χ0) is 8.55. The molecule has 0 spiro atoms. The van der Waals surface area contributed by atoms with Gasteiger partial charge in [0.05, 0.1) is 0 Å². The van der Waals surface area contributed by atoms with Crippen LogP contribution >= 0.6 is 0 Å². The van der Waals surface area contributed by atoms with Gasteiger partial charge in [0.1, 0.15) is 12.0 Å². The van der Waals surface area contributed by atoms with Crippen LogP contribution in [0, 0.1) is 5.82 Å². The summed E-state index contributed by atoms with van der Waals surface area (Å²) < 4.78 is 26.3. The predicted octanol–water partition coefficient (Wildman–Crippen LogP) is 3.17. The lowest BCUT2D eigenvalue weighted by Crippen LogP contribution is -2.08. The van der Waals surface area contributed by atoms with Crippen molar-refractivity contribution in [1.29, 1.82) is 0 Å². The minimum Gasteiger partial charge on any atom is -0.242 e. The van der Waals surface area contributed by atoms with Crippen molar-refractivity contribution < 1.29 is 8.78 Å². The summed E-state index contributed by atoms with van der Waals surface area (Å²) in [4.78, 5) is 0. The molecule has 0 aromatic heterocycles. The molecule has 12 heavy (non-hydrogen) atoms. The quantitative estimate of drug-likeness (QED) is 0.558. The van der Waals surface area contributed by atoms with E-state index >= 15 is 0 Å². The van der Waals surface area contributed by atoms with E-state index in [1.165, 1.54) is 6.07 Å². The van der Waals surface area contributed by atoms with Gasteiger partial charge in [0.15, 0.2) is 0 Å². The lowest BCUT2D eigenvalue weighted by Gasteiger charge is -2.19. The van der Waals surface area contributed by atoms with Crippen molar-refractivity contribution in [2.24, 2.45) is 0 Å². The summed E-state index contributed by atoms with van der Waals surface area (Å²) in [5.74, 6) is -0.389. The molecule has 0 N–H and O–H groups in total. The van der Waals surface area contributed by atoms with Crippen LogP contribution in [0.15, 0.2) is 18.2 Å². The second-order valence-corrected chi connectivity index (χ2v) is 3.17. The third kappa shape index (κ3) is 1.11. The van der Waals surface area contributed by atoms with Gasteiger partial charge in [-0.25, -0.2) is 8.78 Å². The summed E-state index contributed by atoms with van der Waals surface area (Å²) in [6, 6.07) is 4.78. The summed E-state index contributed by atoms with van der Waals surface area (Å²) >= 11 is 0. The molecule has 1 atom stereocenters. The van der Waals surface area contributed by atoms with Gasteiger partial charge in [0.25, 0.3) is 0 Å². The van der Waals surface area contributed by atoms with Crippen molar-refractivity contribution in [2.45, 2.75) is 25.4 Å². The zero-order valence-corrected chi connectivity index (χ0v) is 6.69. The van der Waals surface area contributed by atoms with Gasteiger partial charge in [-0.3, -0.25) is 0 Å². The van der Waals surface area contributed by atoms with Gasteiger partial charge < -0.3 is 0 Å². The Bertz CT molecular complexity index is 294. The summed E-state index contributed by atoms with van der Waals surface area (Å²) in [6.45, 7) is 0. The monoisotopic (exact) mass is 168 g/mol. The SMILES string of the molecule is Fc1cccc2c1C(F)CCC2. The Morgan fingerprint density at radius 1 is 1.33 bits per heavy atom. The summed E-state index contributed by atoms with van der Waals surface area (Å²) in [5.41, 5.74) is 1.14. The molecule has 1 aromatic carbocycles. The molecule has 0 nitrogen and oxygen atoms in total. The highest BCUT2D eigenvalue weighted by Gasteiger charge is 2.22. The topological polar surface area (TPSA) is 0 Å². The number of aryl methyl sites for hydroxylation is 1. The van der Waals surface area contributed by atoms with E-state index in [2.05, 4.69) is 0 Å². The Balaban J connectivity index is 2.53. The molecule has 1 aromatic rings. The van der Waals surface area contributed by atoms with Crippen molar-refractivity contribution >= 4 is 0 Å². The first-order valence-electron chi connectivity index (χ1n) is 4.20. The molecule has 1 aliphatic rings. The van der Waals surface area contributed by atoms with Crippen LogP contribution in [0.25, 0.3) is 0 Å². The number of halogens is 2. The molecule has 2 heteroatoms. The van der Waals surface area contributed by atoms with Crippen LogP contribution in [0.3, 0.4) is 0 Å². The van der Waals surface area contributed by atoms with Crippen molar-refractivity contribution in [2.75, 3.05) is 0 Å². The van der Waals surface area contributed by atoms with E-state index in [-0.39, 0.29) is 5.82 Å². The number of alkyl halides is 1. The van der Waals surface area contributed by atoms with Crippen LogP contribution in [0.4, 0.5) is 8.78 Å². The molecular formula is C10H10F2. The lowest BCUT2D eigenvalue weighted by atomic mass is 9.90. The van der Waals surface area contributed by atoms with E-state index in [1.807, 2.05) is 6.07 Å². The van der Waals surface area contributed by atoms with Gasteiger partial charge >= 0.3 is 0 Å². The summed E-state index contributed by atoms with van der Waals surface area (Å²) in [7, 11) is 0. The zero-order valence-electron chi connectivity index (χ0n) is 6.69. The minimum atomic E-state index is -1.09. The van der Waals surface area contributed by atoms with Crippen molar-refractivity contribution in [3.05, 3.63) is 35.1 Å². The Labute approximate surface area is 70.2 Å². The van der Waals surface area contributed by atoms with Gasteiger partial charge in [-0.05, 0) is 30.9 Å². The van der Waals surface area contributed by atoms with Crippen LogP contribution in [0.5, 0.6) is 0 Å². The molecule has 0 fully saturated rings. The molecule has 2 rings (SSSR count). The van der Waals surface area contributed by atoms with E-state index in [4.69, 9.17) is 0 Å². The van der Waals surface area contributed by atoms with Crippen LogP contribution in [-0.2, 0) is 6.42 Å². The standard InChI is InChI=1S/C10H10F2/c11-8-5-1-3-7-4-2-6-9(12)10(7)8/h1,3,5,9H,2,4,6H2. The fraction of sp³-hybridized carbons (Fsp3) is 0.400. The Hall–Kier alpha value is -0.920. The maximum atomic E-state index is 13.2.